The largest absolute Gasteiger partial charge is 0.480 e. The zero-order valence-corrected chi connectivity index (χ0v) is 11.5. The highest BCUT2D eigenvalue weighted by Crippen LogP contribution is 2.21. The second-order valence-corrected chi connectivity index (χ2v) is 5.09. The molecule has 0 saturated heterocycles. The number of urea groups is 1. The number of aliphatic hydroxyl groups is 1. The van der Waals surface area contributed by atoms with Gasteiger partial charge in [-0.05, 0) is 5.92 Å². The van der Waals surface area contributed by atoms with E-state index in [1.54, 1.807) is 0 Å². The molecule has 1 aromatic rings. The number of carbonyl (C=O) groups is 2. The van der Waals surface area contributed by atoms with Crippen molar-refractivity contribution < 1.29 is 19.8 Å². The first-order chi connectivity index (χ1) is 8.93. The average molecular weight is 287 g/mol. The van der Waals surface area contributed by atoms with Crippen molar-refractivity contribution in [3.05, 3.63) is 11.1 Å². The van der Waals surface area contributed by atoms with Gasteiger partial charge in [0.05, 0.1) is 5.69 Å². The fourth-order valence-corrected chi connectivity index (χ4v) is 2.15. The molecule has 1 rings (SSSR count). The Balaban J connectivity index is 2.56. The van der Waals surface area contributed by atoms with Gasteiger partial charge in [-0.3, -0.25) is 5.32 Å². The topological polar surface area (TPSA) is 112 Å². The minimum absolute atomic E-state index is 0.0438. The van der Waals surface area contributed by atoms with E-state index in [0.717, 1.165) is 5.69 Å². The van der Waals surface area contributed by atoms with Crippen LogP contribution in [0.25, 0.3) is 0 Å². The number of aliphatic hydroxyl groups excluding tert-OH is 1. The van der Waals surface area contributed by atoms with Crippen LogP contribution in [0.1, 0.15) is 31.9 Å². The molecule has 0 aliphatic carbocycles. The van der Waals surface area contributed by atoms with Gasteiger partial charge in [0.2, 0.25) is 0 Å². The number of aliphatic carboxylic acids is 1. The Morgan fingerprint density at radius 2 is 2.16 bits per heavy atom. The lowest BCUT2D eigenvalue weighted by Crippen LogP contribution is -2.43. The molecular formula is C11H17N3O4S. The average Bonchev–Trinajstić information content (AvgIpc) is 2.76. The number of nitrogens with one attached hydrogen (secondary N) is 2. The third kappa shape index (κ3) is 4.84. The van der Waals surface area contributed by atoms with Gasteiger partial charge in [-0.1, -0.05) is 13.8 Å². The van der Waals surface area contributed by atoms with Gasteiger partial charge in [0.1, 0.15) is 6.04 Å². The van der Waals surface area contributed by atoms with Crippen molar-refractivity contribution in [1.29, 1.82) is 0 Å². The number of nitrogens with zero attached hydrogens (tertiary/aromatic N) is 1. The molecule has 0 unspecified atom stereocenters. The minimum Gasteiger partial charge on any atom is -0.480 e. The number of hydrogen-bond acceptors (Lipinski definition) is 5. The smallest absolute Gasteiger partial charge is 0.326 e. The maximum atomic E-state index is 11.6. The Morgan fingerprint density at radius 1 is 1.47 bits per heavy atom. The molecule has 0 radical (unpaired) electrons. The van der Waals surface area contributed by atoms with E-state index in [1.807, 2.05) is 19.2 Å². The van der Waals surface area contributed by atoms with Crippen molar-refractivity contribution in [1.82, 2.24) is 10.3 Å². The first-order valence-electron chi connectivity index (χ1n) is 5.80. The number of carbonyl (C=O) groups excluding carboxylic acids is 1. The third-order valence-corrected chi connectivity index (χ3v) is 3.13. The van der Waals surface area contributed by atoms with Gasteiger partial charge in [0.15, 0.2) is 5.13 Å². The summed E-state index contributed by atoms with van der Waals surface area (Å²) in [6.45, 7) is 3.66. The highest BCUT2D eigenvalue weighted by molar-refractivity contribution is 7.13. The van der Waals surface area contributed by atoms with Crippen LogP contribution in [0, 0.1) is 0 Å². The molecule has 0 fully saturated rings. The molecule has 106 valence electrons. The Bertz CT molecular complexity index is 447. The van der Waals surface area contributed by atoms with E-state index in [4.69, 9.17) is 10.2 Å². The molecule has 1 atom stereocenters. The zero-order valence-electron chi connectivity index (χ0n) is 10.7. The first-order valence-corrected chi connectivity index (χ1v) is 6.68. The van der Waals surface area contributed by atoms with Crippen LogP contribution in [-0.4, -0.2) is 39.8 Å². The highest BCUT2D eigenvalue weighted by atomic mass is 32.1. The molecule has 8 heteroatoms. The van der Waals surface area contributed by atoms with Gasteiger partial charge < -0.3 is 15.5 Å². The standard InChI is InChI=1S/C11H17N3O4S/c1-6(2)8-5-19-11(13-8)14-10(18)12-7(3-4-15)9(16)17/h5-7,15H,3-4H2,1-2H3,(H,16,17)(H2,12,13,14,18)/t7-/m0/s1. The van der Waals surface area contributed by atoms with Crippen LogP contribution in [-0.2, 0) is 4.79 Å². The molecule has 0 aliphatic heterocycles. The van der Waals surface area contributed by atoms with Crippen molar-refractivity contribution in [3.8, 4) is 0 Å². The van der Waals surface area contributed by atoms with Crippen LogP contribution in [0.15, 0.2) is 5.38 Å². The third-order valence-electron chi connectivity index (χ3n) is 2.36. The summed E-state index contributed by atoms with van der Waals surface area (Å²) < 4.78 is 0. The summed E-state index contributed by atoms with van der Waals surface area (Å²) in [7, 11) is 0. The highest BCUT2D eigenvalue weighted by Gasteiger charge is 2.19. The molecular weight excluding hydrogens is 270 g/mol. The number of anilines is 1. The lowest BCUT2D eigenvalue weighted by atomic mass is 10.2. The number of hydrogen-bond donors (Lipinski definition) is 4. The van der Waals surface area contributed by atoms with E-state index in [-0.39, 0.29) is 18.9 Å². The van der Waals surface area contributed by atoms with Crippen molar-refractivity contribution in [2.75, 3.05) is 11.9 Å². The van der Waals surface area contributed by atoms with Crippen molar-refractivity contribution in [2.24, 2.45) is 0 Å². The normalized spacial score (nSPS) is 12.2. The maximum absolute atomic E-state index is 11.6. The number of thiazole rings is 1. The maximum Gasteiger partial charge on any atom is 0.326 e. The van der Waals surface area contributed by atoms with Gasteiger partial charge in [-0.2, -0.15) is 0 Å². The quantitative estimate of drug-likeness (QED) is 0.628. The summed E-state index contributed by atoms with van der Waals surface area (Å²) >= 11 is 1.28. The predicted octanol–water partition coefficient (Wildman–Crippen LogP) is 1.22. The predicted molar refractivity (Wildman–Crippen MR) is 71.5 cm³/mol. The summed E-state index contributed by atoms with van der Waals surface area (Å²) in [6.07, 6.45) is -0.0438. The summed E-state index contributed by atoms with van der Waals surface area (Å²) in [5.74, 6) is -0.928. The number of aromatic nitrogens is 1. The van der Waals surface area contributed by atoms with Gasteiger partial charge in [-0.15, -0.1) is 11.3 Å². The fourth-order valence-electron chi connectivity index (χ4n) is 1.29. The van der Waals surface area contributed by atoms with E-state index < -0.39 is 18.0 Å². The minimum atomic E-state index is -1.19. The van der Waals surface area contributed by atoms with Crippen molar-refractivity contribution in [3.63, 3.8) is 0 Å². The lowest BCUT2D eigenvalue weighted by molar-refractivity contribution is -0.139. The second-order valence-electron chi connectivity index (χ2n) is 4.23. The fraction of sp³-hybridized carbons (Fsp3) is 0.545. The molecule has 0 bridgehead atoms. The lowest BCUT2D eigenvalue weighted by Gasteiger charge is -2.12. The van der Waals surface area contributed by atoms with Crippen LogP contribution in [0.4, 0.5) is 9.93 Å². The number of carboxylic acids is 1. The summed E-state index contributed by atoms with van der Waals surface area (Å²) in [5.41, 5.74) is 0.866. The Kier molecular flexibility index (Phi) is 5.71. The molecule has 1 aromatic heterocycles. The molecule has 0 aliphatic rings. The molecule has 2 amide bonds. The van der Waals surface area contributed by atoms with Crippen LogP contribution in [0.2, 0.25) is 0 Å². The molecule has 19 heavy (non-hydrogen) atoms. The first kappa shape index (κ1) is 15.4. The van der Waals surface area contributed by atoms with Crippen LogP contribution in [0.3, 0.4) is 0 Å². The monoisotopic (exact) mass is 287 g/mol. The van der Waals surface area contributed by atoms with E-state index in [0.29, 0.717) is 5.13 Å². The van der Waals surface area contributed by atoms with Crippen LogP contribution < -0.4 is 10.6 Å². The molecule has 1 heterocycles. The van der Waals surface area contributed by atoms with E-state index in [2.05, 4.69) is 15.6 Å². The van der Waals surface area contributed by atoms with Gasteiger partial charge in [0.25, 0.3) is 0 Å². The second kappa shape index (κ2) is 7.05. The summed E-state index contributed by atoms with van der Waals surface area (Å²) in [4.78, 5) is 26.6. The van der Waals surface area contributed by atoms with Crippen molar-refractivity contribution in [2.45, 2.75) is 32.2 Å². The molecule has 0 aromatic carbocycles. The number of rotatable bonds is 6. The van der Waals surface area contributed by atoms with E-state index in [1.165, 1.54) is 11.3 Å². The Hall–Kier alpha value is -1.67. The van der Waals surface area contributed by atoms with Gasteiger partial charge in [-0.25, -0.2) is 14.6 Å². The summed E-state index contributed by atoms with van der Waals surface area (Å²) in [5, 5.41) is 24.5. The van der Waals surface area contributed by atoms with Crippen LogP contribution >= 0.6 is 11.3 Å². The zero-order chi connectivity index (χ0) is 14.4. The number of carboxylic acid groups (broad SMARTS) is 1. The Morgan fingerprint density at radius 3 is 2.63 bits per heavy atom. The van der Waals surface area contributed by atoms with E-state index >= 15 is 0 Å². The summed E-state index contributed by atoms with van der Waals surface area (Å²) in [6, 6.07) is -1.76. The molecule has 4 N–H and O–H groups in total. The Labute approximate surface area is 114 Å². The number of amides is 2. The molecule has 7 nitrogen and oxygen atoms in total. The molecule has 0 saturated carbocycles. The SMILES string of the molecule is CC(C)c1csc(NC(=O)N[C@@H](CCO)C(=O)O)n1. The van der Waals surface area contributed by atoms with Gasteiger partial charge in [0, 0.05) is 18.4 Å². The van der Waals surface area contributed by atoms with Crippen molar-refractivity contribution >= 4 is 28.5 Å². The van der Waals surface area contributed by atoms with E-state index in [9.17, 15) is 9.59 Å². The van der Waals surface area contributed by atoms with Crippen LogP contribution in [0.5, 0.6) is 0 Å². The van der Waals surface area contributed by atoms with Gasteiger partial charge >= 0.3 is 12.0 Å². The molecule has 0 spiro atoms.